The number of pyridine rings is 1. The smallest absolute Gasteiger partial charge is 0.260 e. The predicted molar refractivity (Wildman–Crippen MR) is 146 cm³/mol. The van der Waals surface area contributed by atoms with Gasteiger partial charge >= 0.3 is 0 Å². The van der Waals surface area contributed by atoms with Crippen LogP contribution in [0, 0.1) is 0 Å². The van der Waals surface area contributed by atoms with E-state index in [1.807, 2.05) is 51.3 Å². The number of fused-ring (bicyclic) bond motifs is 1. The highest BCUT2D eigenvalue weighted by atomic mass is 32.2. The standard InChI is InChI=1S/C27H29N3O4S2/c1-5-32-22-13-19(14-23(33-6-2)25(22)34-7-3)26(31)30(17-18-9-8-12-28-16-18)27-29-21-11-10-20(35-4)15-24(21)36-27/h8-16H,5-7,17H2,1-4H3. The van der Waals surface area contributed by atoms with E-state index in [1.165, 1.54) is 11.3 Å². The van der Waals surface area contributed by atoms with Gasteiger partial charge in [-0.2, -0.15) is 0 Å². The molecule has 7 nitrogen and oxygen atoms in total. The van der Waals surface area contributed by atoms with Gasteiger partial charge in [-0.1, -0.05) is 17.4 Å². The Morgan fingerprint density at radius 2 is 1.72 bits per heavy atom. The van der Waals surface area contributed by atoms with Crippen molar-refractivity contribution in [1.29, 1.82) is 0 Å². The Hall–Kier alpha value is -3.30. The van der Waals surface area contributed by atoms with Gasteiger partial charge in [0, 0.05) is 22.9 Å². The van der Waals surface area contributed by atoms with E-state index in [0.29, 0.717) is 54.3 Å². The van der Waals surface area contributed by atoms with Crippen molar-refractivity contribution in [1.82, 2.24) is 9.97 Å². The van der Waals surface area contributed by atoms with Gasteiger partial charge in [-0.25, -0.2) is 4.98 Å². The minimum absolute atomic E-state index is 0.215. The summed E-state index contributed by atoms with van der Waals surface area (Å²) in [4.78, 5) is 25.9. The first-order valence-electron chi connectivity index (χ1n) is 11.8. The Morgan fingerprint density at radius 1 is 1.00 bits per heavy atom. The third-order valence-electron chi connectivity index (χ3n) is 5.28. The van der Waals surface area contributed by atoms with Gasteiger partial charge in [-0.05, 0) is 69.0 Å². The van der Waals surface area contributed by atoms with E-state index in [4.69, 9.17) is 19.2 Å². The minimum Gasteiger partial charge on any atom is -0.490 e. The van der Waals surface area contributed by atoms with Crippen LogP contribution >= 0.6 is 23.1 Å². The molecule has 0 saturated heterocycles. The average Bonchev–Trinajstić information content (AvgIpc) is 3.32. The van der Waals surface area contributed by atoms with Gasteiger partial charge in [-0.15, -0.1) is 11.8 Å². The molecule has 0 aliphatic carbocycles. The molecular formula is C27H29N3O4S2. The van der Waals surface area contributed by atoms with Gasteiger partial charge in [0.2, 0.25) is 5.75 Å². The second-order valence-corrected chi connectivity index (χ2v) is 9.57. The summed E-state index contributed by atoms with van der Waals surface area (Å²) in [6.07, 6.45) is 5.51. The molecule has 2 aromatic heterocycles. The number of nitrogens with zero attached hydrogens (tertiary/aromatic N) is 3. The van der Waals surface area contributed by atoms with E-state index in [9.17, 15) is 4.79 Å². The Labute approximate surface area is 219 Å². The first kappa shape index (κ1) is 25.8. The van der Waals surface area contributed by atoms with Crippen LogP contribution in [0.1, 0.15) is 36.7 Å². The number of rotatable bonds is 11. The summed E-state index contributed by atoms with van der Waals surface area (Å²) in [5.74, 6) is 1.24. The first-order valence-corrected chi connectivity index (χ1v) is 13.8. The predicted octanol–water partition coefficient (Wildman–Crippen LogP) is 6.46. The largest absolute Gasteiger partial charge is 0.490 e. The van der Waals surface area contributed by atoms with Crippen molar-refractivity contribution in [3.05, 3.63) is 66.0 Å². The molecule has 1 amide bonds. The molecule has 0 fully saturated rings. The maximum absolute atomic E-state index is 14.0. The number of amides is 1. The lowest BCUT2D eigenvalue weighted by Crippen LogP contribution is -2.30. The lowest BCUT2D eigenvalue weighted by molar-refractivity contribution is 0.0984. The number of hydrogen-bond acceptors (Lipinski definition) is 8. The molecule has 0 bridgehead atoms. The first-order chi connectivity index (χ1) is 17.6. The van der Waals surface area contributed by atoms with E-state index in [2.05, 4.69) is 11.1 Å². The molecule has 0 aliphatic heterocycles. The van der Waals surface area contributed by atoms with Crippen LogP contribution in [0.15, 0.2) is 59.8 Å². The highest BCUT2D eigenvalue weighted by Gasteiger charge is 2.25. The van der Waals surface area contributed by atoms with Crippen molar-refractivity contribution in [3.63, 3.8) is 0 Å². The quantitative estimate of drug-likeness (QED) is 0.209. The lowest BCUT2D eigenvalue weighted by Gasteiger charge is -2.22. The van der Waals surface area contributed by atoms with Gasteiger partial charge in [0.05, 0.1) is 36.6 Å². The van der Waals surface area contributed by atoms with Crippen LogP contribution in [0.4, 0.5) is 5.13 Å². The molecule has 0 radical (unpaired) electrons. The molecule has 9 heteroatoms. The summed E-state index contributed by atoms with van der Waals surface area (Å²) in [6, 6.07) is 13.4. The van der Waals surface area contributed by atoms with Gasteiger partial charge in [0.15, 0.2) is 16.6 Å². The molecule has 0 N–H and O–H groups in total. The van der Waals surface area contributed by atoms with Crippen LogP contribution in [0.3, 0.4) is 0 Å². The number of benzene rings is 2. The number of anilines is 1. The Bertz CT molecular complexity index is 1300. The molecule has 188 valence electrons. The summed E-state index contributed by atoms with van der Waals surface area (Å²) in [7, 11) is 0. The number of thiazole rings is 1. The Kier molecular flexibility index (Phi) is 8.66. The zero-order valence-electron chi connectivity index (χ0n) is 20.8. The summed E-state index contributed by atoms with van der Waals surface area (Å²) >= 11 is 3.17. The van der Waals surface area contributed by atoms with Crippen LogP contribution in [-0.4, -0.2) is 42.0 Å². The SMILES string of the molecule is CCOc1cc(C(=O)N(Cc2cccnc2)c2nc3ccc(SC)cc3s2)cc(OCC)c1OCC. The van der Waals surface area contributed by atoms with E-state index < -0.39 is 0 Å². The van der Waals surface area contributed by atoms with Gasteiger partial charge in [-0.3, -0.25) is 14.7 Å². The summed E-state index contributed by atoms with van der Waals surface area (Å²) < 4.78 is 18.5. The normalized spacial score (nSPS) is 10.9. The summed E-state index contributed by atoms with van der Waals surface area (Å²) in [5.41, 5.74) is 2.18. The van der Waals surface area contributed by atoms with Crippen molar-refractivity contribution >= 4 is 44.4 Å². The van der Waals surface area contributed by atoms with Gasteiger partial charge in [0.25, 0.3) is 5.91 Å². The number of aromatic nitrogens is 2. The molecule has 0 spiro atoms. The van der Waals surface area contributed by atoms with Crippen molar-refractivity contribution < 1.29 is 19.0 Å². The topological polar surface area (TPSA) is 73.8 Å². The Balaban J connectivity index is 1.81. The second kappa shape index (κ2) is 12.1. The molecule has 0 atom stereocenters. The number of thioether (sulfide) groups is 1. The van der Waals surface area contributed by atoms with Crippen LogP contribution < -0.4 is 19.1 Å². The zero-order valence-corrected chi connectivity index (χ0v) is 22.4. The summed E-state index contributed by atoms with van der Waals surface area (Å²) in [6.45, 7) is 7.31. The number of carbonyl (C=O) groups excluding carboxylic acids is 1. The molecular weight excluding hydrogens is 494 g/mol. The van der Waals surface area contributed by atoms with Gasteiger partial charge in [0.1, 0.15) is 0 Å². The fraction of sp³-hybridized carbons (Fsp3) is 0.296. The van der Waals surface area contributed by atoms with E-state index in [-0.39, 0.29) is 5.91 Å². The number of hydrogen-bond donors (Lipinski definition) is 0. The highest BCUT2D eigenvalue weighted by Crippen LogP contribution is 2.40. The van der Waals surface area contributed by atoms with Crippen molar-refractivity contribution in [2.75, 3.05) is 31.0 Å². The van der Waals surface area contributed by atoms with Crippen LogP contribution in [0.25, 0.3) is 10.2 Å². The van der Waals surface area contributed by atoms with Crippen LogP contribution in [0.2, 0.25) is 0 Å². The van der Waals surface area contributed by atoms with Crippen LogP contribution in [0.5, 0.6) is 17.2 Å². The number of carbonyl (C=O) groups is 1. The van der Waals surface area contributed by atoms with E-state index in [1.54, 1.807) is 41.2 Å². The van der Waals surface area contributed by atoms with E-state index in [0.717, 1.165) is 20.7 Å². The maximum atomic E-state index is 14.0. The van der Waals surface area contributed by atoms with Crippen molar-refractivity contribution in [2.24, 2.45) is 0 Å². The van der Waals surface area contributed by atoms with Crippen LogP contribution in [-0.2, 0) is 6.54 Å². The third-order valence-corrected chi connectivity index (χ3v) is 7.05. The van der Waals surface area contributed by atoms with E-state index >= 15 is 0 Å². The van der Waals surface area contributed by atoms with Crippen molar-refractivity contribution in [3.8, 4) is 17.2 Å². The fourth-order valence-corrected chi connectivity index (χ4v) is 5.22. The number of ether oxygens (including phenoxy) is 3. The molecule has 4 rings (SSSR count). The second-order valence-electron chi connectivity index (χ2n) is 7.68. The van der Waals surface area contributed by atoms with Crippen molar-refractivity contribution in [2.45, 2.75) is 32.2 Å². The third kappa shape index (κ3) is 5.74. The molecule has 36 heavy (non-hydrogen) atoms. The van der Waals surface area contributed by atoms with Gasteiger partial charge < -0.3 is 14.2 Å². The molecule has 2 heterocycles. The summed E-state index contributed by atoms with van der Waals surface area (Å²) in [5, 5.41) is 0.613. The maximum Gasteiger partial charge on any atom is 0.260 e. The molecule has 2 aromatic carbocycles. The molecule has 0 aliphatic rings. The lowest BCUT2D eigenvalue weighted by atomic mass is 10.1. The molecule has 4 aromatic rings. The average molecular weight is 524 g/mol. The minimum atomic E-state index is -0.215. The fourth-order valence-electron chi connectivity index (χ4n) is 3.70. The highest BCUT2D eigenvalue weighted by molar-refractivity contribution is 7.98. The Morgan fingerprint density at radius 3 is 2.33 bits per heavy atom. The molecule has 0 unspecified atom stereocenters. The monoisotopic (exact) mass is 523 g/mol. The zero-order chi connectivity index (χ0) is 25.5. The molecule has 0 saturated carbocycles.